The highest BCUT2D eigenvalue weighted by atomic mass is 16.5. The van der Waals surface area contributed by atoms with Crippen LogP contribution in [0.3, 0.4) is 0 Å². The molecule has 6 nitrogen and oxygen atoms in total. The molecule has 0 radical (unpaired) electrons. The number of carbonyl (C=O) groups excluding carboxylic acids is 2. The largest absolute Gasteiger partial charge is 0.497 e. The Morgan fingerprint density at radius 2 is 2.08 bits per heavy atom. The second kappa shape index (κ2) is 7.12. The standard InChI is InChI=1S/C18H19N3O3/c1-24-16-7-5-15(6-8-16)21-12-13(10-17(21)22)18(23)20-11-14-4-2-3-9-19-14/h2-9,13H,10-12H2,1H3,(H,20,23). The quantitative estimate of drug-likeness (QED) is 0.909. The van der Waals surface area contributed by atoms with Crippen LogP contribution in [0.5, 0.6) is 5.75 Å². The second-order valence-electron chi connectivity index (χ2n) is 5.64. The minimum absolute atomic E-state index is 0.0434. The maximum atomic E-state index is 12.3. The van der Waals surface area contributed by atoms with Crippen molar-refractivity contribution in [2.75, 3.05) is 18.6 Å². The number of benzene rings is 1. The van der Waals surface area contributed by atoms with Crippen LogP contribution in [0.2, 0.25) is 0 Å². The van der Waals surface area contributed by atoms with Crippen LogP contribution in [-0.2, 0) is 16.1 Å². The zero-order chi connectivity index (χ0) is 16.9. The Hall–Kier alpha value is -2.89. The lowest BCUT2D eigenvalue weighted by Crippen LogP contribution is -2.32. The van der Waals surface area contributed by atoms with Gasteiger partial charge in [0.25, 0.3) is 0 Å². The molecule has 1 aromatic carbocycles. The molecule has 2 heterocycles. The van der Waals surface area contributed by atoms with E-state index in [1.807, 2.05) is 30.3 Å². The van der Waals surface area contributed by atoms with Gasteiger partial charge >= 0.3 is 0 Å². The van der Waals surface area contributed by atoms with Gasteiger partial charge < -0.3 is 15.0 Å². The molecule has 2 amide bonds. The fourth-order valence-corrected chi connectivity index (χ4v) is 2.72. The van der Waals surface area contributed by atoms with Crippen molar-refractivity contribution in [3.63, 3.8) is 0 Å². The first-order valence-corrected chi connectivity index (χ1v) is 7.79. The van der Waals surface area contributed by atoms with Crippen molar-refractivity contribution < 1.29 is 14.3 Å². The maximum Gasteiger partial charge on any atom is 0.227 e. The lowest BCUT2D eigenvalue weighted by molar-refractivity contribution is -0.126. The number of nitrogens with one attached hydrogen (secondary N) is 1. The average Bonchev–Trinajstić information content (AvgIpc) is 3.02. The summed E-state index contributed by atoms with van der Waals surface area (Å²) in [5, 5.41) is 2.85. The first kappa shape index (κ1) is 16.0. The van der Waals surface area contributed by atoms with Gasteiger partial charge in [0.15, 0.2) is 0 Å². The summed E-state index contributed by atoms with van der Waals surface area (Å²) in [5.74, 6) is 0.224. The molecule has 24 heavy (non-hydrogen) atoms. The molecule has 0 spiro atoms. The summed E-state index contributed by atoms with van der Waals surface area (Å²) in [6, 6.07) is 12.8. The summed E-state index contributed by atoms with van der Waals surface area (Å²) in [6.45, 7) is 0.756. The molecule has 124 valence electrons. The highest BCUT2D eigenvalue weighted by Crippen LogP contribution is 2.26. The summed E-state index contributed by atoms with van der Waals surface area (Å²) < 4.78 is 5.12. The van der Waals surface area contributed by atoms with E-state index in [1.54, 1.807) is 30.3 Å². The minimum Gasteiger partial charge on any atom is -0.497 e. The number of ether oxygens (including phenoxy) is 1. The zero-order valence-electron chi connectivity index (χ0n) is 13.4. The SMILES string of the molecule is COc1ccc(N2CC(C(=O)NCc3ccccn3)CC2=O)cc1. The van der Waals surface area contributed by atoms with Crippen LogP contribution >= 0.6 is 0 Å². The van der Waals surface area contributed by atoms with E-state index in [4.69, 9.17) is 4.74 Å². The molecule has 1 unspecified atom stereocenters. The molecule has 1 aliphatic heterocycles. The second-order valence-corrected chi connectivity index (χ2v) is 5.64. The summed E-state index contributed by atoms with van der Waals surface area (Å²) >= 11 is 0. The highest BCUT2D eigenvalue weighted by Gasteiger charge is 2.34. The van der Waals surface area contributed by atoms with Gasteiger partial charge in [-0.15, -0.1) is 0 Å². The third kappa shape index (κ3) is 3.53. The fourth-order valence-electron chi connectivity index (χ4n) is 2.72. The van der Waals surface area contributed by atoms with Crippen molar-refractivity contribution in [3.05, 3.63) is 54.4 Å². The van der Waals surface area contributed by atoms with Gasteiger partial charge in [0.1, 0.15) is 5.75 Å². The third-order valence-corrected chi connectivity index (χ3v) is 4.05. The molecule has 3 rings (SSSR count). The number of nitrogens with zero attached hydrogens (tertiary/aromatic N) is 2. The van der Waals surface area contributed by atoms with E-state index in [0.717, 1.165) is 17.1 Å². The van der Waals surface area contributed by atoms with E-state index in [1.165, 1.54) is 0 Å². The van der Waals surface area contributed by atoms with Crippen LogP contribution in [0.4, 0.5) is 5.69 Å². The number of amides is 2. The van der Waals surface area contributed by atoms with Crippen LogP contribution in [0.25, 0.3) is 0 Å². The van der Waals surface area contributed by atoms with Gasteiger partial charge in [0.2, 0.25) is 11.8 Å². The van der Waals surface area contributed by atoms with Crippen molar-refractivity contribution in [2.24, 2.45) is 5.92 Å². The molecule has 2 aromatic rings. The van der Waals surface area contributed by atoms with E-state index in [0.29, 0.717) is 13.1 Å². The van der Waals surface area contributed by atoms with E-state index < -0.39 is 0 Å². The monoisotopic (exact) mass is 325 g/mol. The molecular weight excluding hydrogens is 306 g/mol. The molecule has 0 saturated carbocycles. The number of carbonyl (C=O) groups is 2. The van der Waals surface area contributed by atoms with E-state index in [9.17, 15) is 9.59 Å². The normalized spacial score (nSPS) is 17.0. The van der Waals surface area contributed by atoms with Crippen LogP contribution in [0.1, 0.15) is 12.1 Å². The first-order chi connectivity index (χ1) is 11.7. The van der Waals surface area contributed by atoms with Crippen LogP contribution in [0, 0.1) is 5.92 Å². The molecular formula is C18H19N3O3. The van der Waals surface area contributed by atoms with Gasteiger partial charge in [0, 0.05) is 24.8 Å². The van der Waals surface area contributed by atoms with Gasteiger partial charge in [-0.25, -0.2) is 0 Å². The van der Waals surface area contributed by atoms with Crippen molar-refractivity contribution >= 4 is 17.5 Å². The van der Waals surface area contributed by atoms with Gasteiger partial charge in [0.05, 0.1) is 25.3 Å². The number of aromatic nitrogens is 1. The Balaban J connectivity index is 1.60. The molecule has 1 aliphatic rings. The fraction of sp³-hybridized carbons (Fsp3) is 0.278. The van der Waals surface area contributed by atoms with Gasteiger partial charge in [-0.3, -0.25) is 14.6 Å². The minimum atomic E-state index is -0.344. The van der Waals surface area contributed by atoms with Crippen molar-refractivity contribution in [2.45, 2.75) is 13.0 Å². The predicted molar refractivity (Wildman–Crippen MR) is 89.5 cm³/mol. The van der Waals surface area contributed by atoms with Crippen LogP contribution < -0.4 is 15.0 Å². The van der Waals surface area contributed by atoms with E-state index >= 15 is 0 Å². The Labute approximate surface area is 140 Å². The first-order valence-electron chi connectivity index (χ1n) is 7.79. The predicted octanol–water partition coefficient (Wildman–Crippen LogP) is 1.76. The summed E-state index contributed by atoms with van der Waals surface area (Å²) in [6.07, 6.45) is 1.91. The Morgan fingerprint density at radius 1 is 1.29 bits per heavy atom. The number of anilines is 1. The smallest absolute Gasteiger partial charge is 0.227 e. The van der Waals surface area contributed by atoms with Gasteiger partial charge in [-0.1, -0.05) is 6.07 Å². The Morgan fingerprint density at radius 3 is 2.75 bits per heavy atom. The van der Waals surface area contributed by atoms with E-state index in [-0.39, 0.29) is 24.2 Å². The highest BCUT2D eigenvalue weighted by molar-refractivity contribution is 6.00. The number of pyridine rings is 1. The van der Waals surface area contributed by atoms with Crippen LogP contribution in [-0.4, -0.2) is 30.5 Å². The molecule has 1 fully saturated rings. The number of methoxy groups -OCH3 is 1. The summed E-state index contributed by atoms with van der Waals surface area (Å²) in [5.41, 5.74) is 1.57. The average molecular weight is 325 g/mol. The molecule has 0 aliphatic carbocycles. The Bertz CT molecular complexity index is 716. The number of hydrogen-bond acceptors (Lipinski definition) is 4. The number of hydrogen-bond donors (Lipinski definition) is 1. The van der Waals surface area contributed by atoms with Crippen molar-refractivity contribution in [3.8, 4) is 5.75 Å². The third-order valence-electron chi connectivity index (χ3n) is 4.05. The molecule has 6 heteroatoms. The zero-order valence-corrected chi connectivity index (χ0v) is 13.4. The number of rotatable bonds is 5. The molecule has 1 aromatic heterocycles. The topological polar surface area (TPSA) is 71.5 Å². The summed E-state index contributed by atoms with van der Waals surface area (Å²) in [4.78, 5) is 30.3. The maximum absolute atomic E-state index is 12.3. The van der Waals surface area contributed by atoms with Crippen LogP contribution in [0.15, 0.2) is 48.7 Å². The van der Waals surface area contributed by atoms with Gasteiger partial charge in [-0.05, 0) is 36.4 Å². The van der Waals surface area contributed by atoms with E-state index in [2.05, 4.69) is 10.3 Å². The molecule has 1 N–H and O–H groups in total. The lowest BCUT2D eigenvalue weighted by Gasteiger charge is -2.17. The van der Waals surface area contributed by atoms with Crippen molar-refractivity contribution in [1.29, 1.82) is 0 Å². The van der Waals surface area contributed by atoms with Gasteiger partial charge in [-0.2, -0.15) is 0 Å². The lowest BCUT2D eigenvalue weighted by atomic mass is 10.1. The summed E-state index contributed by atoms with van der Waals surface area (Å²) in [7, 11) is 1.60. The molecule has 1 saturated heterocycles. The molecule has 1 atom stereocenters. The molecule has 0 bridgehead atoms. The Kier molecular flexibility index (Phi) is 4.74. The van der Waals surface area contributed by atoms with Crippen molar-refractivity contribution in [1.82, 2.24) is 10.3 Å².